The monoisotopic (exact) mass is 316 g/mol. The Kier molecular flexibility index (Phi) is 4.31. The van der Waals surface area contributed by atoms with Crippen molar-refractivity contribution in [1.82, 2.24) is 14.8 Å². The number of nitro benzene ring substituents is 1. The van der Waals surface area contributed by atoms with Gasteiger partial charge in [0, 0.05) is 6.07 Å². The lowest BCUT2D eigenvalue weighted by Crippen LogP contribution is -2.21. The van der Waals surface area contributed by atoms with Crippen LogP contribution < -0.4 is 0 Å². The molecular formula is C15H16N4O4. The summed E-state index contributed by atoms with van der Waals surface area (Å²) < 4.78 is 6.73. The first-order chi connectivity index (χ1) is 11.1. The Morgan fingerprint density at radius 3 is 2.74 bits per heavy atom. The topological polar surface area (TPSA) is 100 Å². The summed E-state index contributed by atoms with van der Waals surface area (Å²) in [5, 5.41) is 15.2. The van der Waals surface area contributed by atoms with Gasteiger partial charge < -0.3 is 4.74 Å². The summed E-state index contributed by atoms with van der Waals surface area (Å²) in [4.78, 5) is 26.7. The van der Waals surface area contributed by atoms with E-state index in [1.807, 2.05) is 0 Å². The number of carbonyl (C=O) groups is 1. The summed E-state index contributed by atoms with van der Waals surface area (Å²) >= 11 is 0. The fourth-order valence-electron chi connectivity index (χ4n) is 2.73. The van der Waals surface area contributed by atoms with Crippen LogP contribution in [0.3, 0.4) is 0 Å². The van der Waals surface area contributed by atoms with Crippen molar-refractivity contribution in [3.05, 3.63) is 46.5 Å². The van der Waals surface area contributed by atoms with Crippen LogP contribution in [-0.2, 0) is 4.74 Å². The highest BCUT2D eigenvalue weighted by molar-refractivity contribution is 5.91. The molecule has 1 fully saturated rings. The first-order valence-electron chi connectivity index (χ1n) is 7.49. The SMILES string of the molecule is O=C(OC1CCCCC1)c1ccc(-n2cncn2)c([N+](=O)[O-])c1. The van der Waals surface area contributed by atoms with Gasteiger partial charge in [-0.05, 0) is 37.8 Å². The quantitative estimate of drug-likeness (QED) is 0.488. The lowest BCUT2D eigenvalue weighted by molar-refractivity contribution is -0.384. The van der Waals surface area contributed by atoms with Gasteiger partial charge in [-0.2, -0.15) is 5.10 Å². The van der Waals surface area contributed by atoms with Crippen LogP contribution in [-0.4, -0.2) is 31.8 Å². The number of benzene rings is 1. The number of hydrogen-bond donors (Lipinski definition) is 0. The van der Waals surface area contributed by atoms with Crippen LogP contribution in [0.4, 0.5) is 5.69 Å². The molecule has 1 heterocycles. The summed E-state index contributed by atoms with van der Waals surface area (Å²) in [7, 11) is 0. The van der Waals surface area contributed by atoms with Crippen molar-refractivity contribution >= 4 is 11.7 Å². The lowest BCUT2D eigenvalue weighted by Gasteiger charge is -2.21. The number of hydrogen-bond acceptors (Lipinski definition) is 6. The number of ether oxygens (including phenoxy) is 1. The van der Waals surface area contributed by atoms with E-state index in [0.29, 0.717) is 0 Å². The fourth-order valence-corrected chi connectivity index (χ4v) is 2.73. The van der Waals surface area contributed by atoms with Crippen LogP contribution in [0.5, 0.6) is 0 Å². The summed E-state index contributed by atoms with van der Waals surface area (Å²) in [5.41, 5.74) is 0.210. The van der Waals surface area contributed by atoms with Crippen molar-refractivity contribution in [3.63, 3.8) is 0 Å². The average Bonchev–Trinajstić information content (AvgIpc) is 3.09. The Morgan fingerprint density at radius 2 is 2.09 bits per heavy atom. The Hall–Kier alpha value is -2.77. The van der Waals surface area contributed by atoms with E-state index < -0.39 is 10.9 Å². The first kappa shape index (κ1) is 15.1. The highest BCUT2D eigenvalue weighted by Gasteiger charge is 2.23. The molecule has 8 nitrogen and oxygen atoms in total. The van der Waals surface area contributed by atoms with E-state index in [2.05, 4.69) is 10.1 Å². The third kappa shape index (κ3) is 3.36. The Bertz CT molecular complexity index is 708. The van der Waals surface area contributed by atoms with Crippen molar-refractivity contribution in [2.75, 3.05) is 0 Å². The van der Waals surface area contributed by atoms with Crippen molar-refractivity contribution in [1.29, 1.82) is 0 Å². The third-order valence-electron chi connectivity index (χ3n) is 3.90. The third-order valence-corrected chi connectivity index (χ3v) is 3.90. The normalized spacial score (nSPS) is 15.3. The van der Waals surface area contributed by atoms with Crippen molar-refractivity contribution in [3.8, 4) is 5.69 Å². The average molecular weight is 316 g/mol. The molecule has 0 saturated heterocycles. The number of rotatable bonds is 4. The number of aromatic nitrogens is 3. The molecule has 1 aromatic heterocycles. The summed E-state index contributed by atoms with van der Waals surface area (Å²) in [5.74, 6) is -0.523. The predicted octanol–water partition coefficient (Wildman–Crippen LogP) is 2.67. The van der Waals surface area contributed by atoms with Gasteiger partial charge in [-0.3, -0.25) is 10.1 Å². The molecular weight excluding hydrogens is 300 g/mol. The summed E-state index contributed by atoms with van der Waals surface area (Å²) in [6.07, 6.45) is 7.51. The molecule has 1 aliphatic rings. The van der Waals surface area contributed by atoms with Crippen LogP contribution in [0.2, 0.25) is 0 Å². The fraction of sp³-hybridized carbons (Fsp3) is 0.400. The van der Waals surface area contributed by atoms with Crippen molar-refractivity contribution < 1.29 is 14.5 Å². The molecule has 120 valence electrons. The molecule has 2 aromatic rings. The molecule has 0 bridgehead atoms. The molecule has 0 unspecified atom stereocenters. The second kappa shape index (κ2) is 6.55. The highest BCUT2D eigenvalue weighted by atomic mass is 16.6. The molecule has 0 aliphatic heterocycles. The molecule has 23 heavy (non-hydrogen) atoms. The zero-order chi connectivity index (χ0) is 16.2. The van der Waals surface area contributed by atoms with Gasteiger partial charge in [0.15, 0.2) is 0 Å². The second-order valence-electron chi connectivity index (χ2n) is 5.47. The second-order valence-corrected chi connectivity index (χ2v) is 5.47. The number of nitrogens with zero attached hydrogens (tertiary/aromatic N) is 4. The lowest BCUT2D eigenvalue weighted by atomic mass is 9.98. The van der Waals surface area contributed by atoms with E-state index in [9.17, 15) is 14.9 Å². The maximum Gasteiger partial charge on any atom is 0.338 e. The number of esters is 1. The van der Waals surface area contributed by atoms with Gasteiger partial charge in [0.2, 0.25) is 0 Å². The number of carbonyl (C=O) groups excluding carboxylic acids is 1. The zero-order valence-corrected chi connectivity index (χ0v) is 12.4. The molecule has 0 spiro atoms. The van der Waals surface area contributed by atoms with Gasteiger partial charge in [0.05, 0.1) is 10.5 Å². The molecule has 0 radical (unpaired) electrons. The highest BCUT2D eigenvalue weighted by Crippen LogP contribution is 2.26. The smallest absolute Gasteiger partial charge is 0.338 e. The van der Waals surface area contributed by atoms with E-state index in [1.165, 1.54) is 35.5 Å². The molecule has 1 aromatic carbocycles. The Balaban J connectivity index is 1.84. The van der Waals surface area contributed by atoms with E-state index in [-0.39, 0.29) is 23.0 Å². The summed E-state index contributed by atoms with van der Waals surface area (Å²) in [6.45, 7) is 0. The van der Waals surface area contributed by atoms with Gasteiger partial charge in [-0.15, -0.1) is 0 Å². The molecule has 1 saturated carbocycles. The van der Waals surface area contributed by atoms with Crippen molar-refractivity contribution in [2.24, 2.45) is 0 Å². The van der Waals surface area contributed by atoms with Gasteiger partial charge in [-0.25, -0.2) is 14.5 Å². The molecule has 0 N–H and O–H groups in total. The molecule has 8 heteroatoms. The van der Waals surface area contributed by atoms with E-state index in [0.717, 1.165) is 32.1 Å². The maximum absolute atomic E-state index is 12.2. The molecule has 0 amide bonds. The summed E-state index contributed by atoms with van der Waals surface area (Å²) in [6, 6.07) is 4.21. The Morgan fingerprint density at radius 1 is 1.30 bits per heavy atom. The minimum Gasteiger partial charge on any atom is -0.459 e. The van der Waals surface area contributed by atoms with Gasteiger partial charge >= 0.3 is 5.97 Å². The van der Waals surface area contributed by atoms with E-state index in [4.69, 9.17) is 4.74 Å². The van der Waals surface area contributed by atoms with Crippen LogP contribution in [0.25, 0.3) is 5.69 Å². The van der Waals surface area contributed by atoms with Crippen LogP contribution in [0.1, 0.15) is 42.5 Å². The van der Waals surface area contributed by atoms with E-state index in [1.54, 1.807) is 0 Å². The molecule has 1 aliphatic carbocycles. The minimum atomic E-state index is -0.547. The van der Waals surface area contributed by atoms with Crippen LogP contribution >= 0.6 is 0 Å². The minimum absolute atomic E-state index is 0.0923. The Labute approximate surface area is 132 Å². The van der Waals surface area contributed by atoms with Gasteiger partial charge in [-0.1, -0.05) is 6.42 Å². The molecule has 3 rings (SSSR count). The van der Waals surface area contributed by atoms with Gasteiger partial charge in [0.25, 0.3) is 5.69 Å². The van der Waals surface area contributed by atoms with Crippen molar-refractivity contribution in [2.45, 2.75) is 38.2 Å². The van der Waals surface area contributed by atoms with Gasteiger partial charge in [0.1, 0.15) is 24.4 Å². The zero-order valence-electron chi connectivity index (χ0n) is 12.4. The molecule has 0 atom stereocenters. The van der Waals surface area contributed by atoms with E-state index >= 15 is 0 Å². The largest absolute Gasteiger partial charge is 0.459 e. The predicted molar refractivity (Wildman–Crippen MR) is 80.3 cm³/mol. The first-order valence-corrected chi connectivity index (χ1v) is 7.49. The van der Waals surface area contributed by atoms with Crippen LogP contribution in [0, 0.1) is 10.1 Å². The standard InChI is InChI=1S/C15H16N4O4/c20-15(23-12-4-2-1-3-5-12)11-6-7-13(14(8-11)19(21)22)18-10-16-9-17-18/h6-10,12H,1-5H2. The van der Waals surface area contributed by atoms with Crippen LogP contribution in [0.15, 0.2) is 30.9 Å². The maximum atomic E-state index is 12.2. The number of nitro groups is 1.